The van der Waals surface area contributed by atoms with E-state index in [0.717, 1.165) is 4.90 Å². The maximum absolute atomic E-state index is 12.1. The maximum atomic E-state index is 12.1. The van der Waals surface area contributed by atoms with Crippen LogP contribution in [0.1, 0.15) is 10.4 Å². The van der Waals surface area contributed by atoms with Crippen LogP contribution in [-0.4, -0.2) is 30.5 Å². The van der Waals surface area contributed by atoms with E-state index in [2.05, 4.69) is 10.3 Å². The van der Waals surface area contributed by atoms with Gasteiger partial charge in [0.05, 0.1) is 10.6 Å². The molecule has 0 atom stereocenters. The van der Waals surface area contributed by atoms with Crippen molar-refractivity contribution in [1.82, 2.24) is 10.3 Å². The highest BCUT2D eigenvalue weighted by Gasteiger charge is 2.16. The number of carbonyl (C=O) groups is 2. The molecule has 2 rings (SSSR count). The van der Waals surface area contributed by atoms with Gasteiger partial charge in [0.15, 0.2) is 6.61 Å². The average molecular weight is 337 g/mol. The van der Waals surface area contributed by atoms with Crippen LogP contribution in [0.5, 0.6) is 0 Å². The molecule has 0 unspecified atom stereocenters. The minimum Gasteiger partial charge on any atom is -0.452 e. The van der Waals surface area contributed by atoms with Gasteiger partial charge in [0.1, 0.15) is 5.03 Å². The Labute approximate surface area is 137 Å². The van der Waals surface area contributed by atoms with E-state index in [4.69, 9.17) is 16.3 Å². The second kappa shape index (κ2) is 7.82. The topological polar surface area (TPSA) is 68.3 Å². The first kappa shape index (κ1) is 16.3. The Morgan fingerprint density at radius 3 is 2.77 bits per heavy atom. The van der Waals surface area contributed by atoms with Crippen molar-refractivity contribution in [1.29, 1.82) is 0 Å². The third-order valence-corrected chi connectivity index (χ3v) is 4.18. The van der Waals surface area contributed by atoms with Crippen LogP contribution < -0.4 is 5.32 Å². The third kappa shape index (κ3) is 4.22. The zero-order chi connectivity index (χ0) is 15.9. The van der Waals surface area contributed by atoms with Crippen molar-refractivity contribution in [3.63, 3.8) is 0 Å². The molecule has 0 bridgehead atoms. The zero-order valence-corrected chi connectivity index (χ0v) is 13.3. The predicted octanol–water partition coefficient (Wildman–Crippen LogP) is 2.79. The number of aromatic nitrogens is 1. The highest BCUT2D eigenvalue weighted by atomic mass is 35.5. The number of ether oxygens (including phenoxy) is 1. The SMILES string of the molecule is CNC(=O)COC(=O)c1cccnc1Sc1ccccc1Cl. The van der Waals surface area contributed by atoms with Crippen LogP contribution in [0.25, 0.3) is 0 Å². The number of carbonyl (C=O) groups excluding carboxylic acids is 2. The third-order valence-electron chi connectivity index (χ3n) is 2.65. The first-order valence-corrected chi connectivity index (χ1v) is 7.56. The van der Waals surface area contributed by atoms with E-state index in [1.807, 2.05) is 18.2 Å². The molecular formula is C15H13ClN2O3S. The summed E-state index contributed by atoms with van der Waals surface area (Å²) in [5.74, 6) is -0.983. The lowest BCUT2D eigenvalue weighted by atomic mass is 10.3. The quantitative estimate of drug-likeness (QED) is 0.850. The molecule has 5 nitrogen and oxygen atoms in total. The van der Waals surface area contributed by atoms with Gasteiger partial charge < -0.3 is 10.1 Å². The summed E-state index contributed by atoms with van der Waals surface area (Å²) in [6, 6.07) is 10.5. The van der Waals surface area contributed by atoms with Crippen LogP contribution in [0.4, 0.5) is 0 Å². The minimum atomic E-state index is -0.605. The summed E-state index contributed by atoms with van der Waals surface area (Å²) in [5.41, 5.74) is 0.288. The number of hydrogen-bond acceptors (Lipinski definition) is 5. The monoisotopic (exact) mass is 336 g/mol. The summed E-state index contributed by atoms with van der Waals surface area (Å²) in [7, 11) is 1.47. The molecule has 0 aliphatic rings. The first-order chi connectivity index (χ1) is 10.6. The first-order valence-electron chi connectivity index (χ1n) is 6.37. The number of likely N-dealkylation sites (N-methyl/N-ethyl adjacent to an activating group) is 1. The van der Waals surface area contributed by atoms with Gasteiger partial charge in [-0.2, -0.15) is 0 Å². The summed E-state index contributed by atoms with van der Waals surface area (Å²) >= 11 is 7.37. The van der Waals surface area contributed by atoms with Gasteiger partial charge in [-0.25, -0.2) is 9.78 Å². The zero-order valence-electron chi connectivity index (χ0n) is 11.7. The molecule has 0 aliphatic carbocycles. The van der Waals surface area contributed by atoms with E-state index in [0.29, 0.717) is 10.0 Å². The molecule has 1 aromatic carbocycles. The van der Waals surface area contributed by atoms with Crippen LogP contribution in [0.15, 0.2) is 52.5 Å². The molecule has 0 aliphatic heterocycles. The lowest BCUT2D eigenvalue weighted by molar-refractivity contribution is -0.123. The van der Waals surface area contributed by atoms with Gasteiger partial charge in [0.25, 0.3) is 5.91 Å². The number of benzene rings is 1. The molecule has 1 amide bonds. The van der Waals surface area contributed by atoms with Gasteiger partial charge in [-0.1, -0.05) is 35.5 Å². The molecule has 0 spiro atoms. The number of rotatable bonds is 5. The fourth-order valence-corrected chi connectivity index (χ4v) is 2.69. The van der Waals surface area contributed by atoms with Crippen LogP contribution in [-0.2, 0) is 9.53 Å². The molecule has 0 fully saturated rings. The van der Waals surface area contributed by atoms with Gasteiger partial charge in [-0.3, -0.25) is 4.79 Å². The normalized spacial score (nSPS) is 10.1. The molecule has 1 heterocycles. The summed E-state index contributed by atoms with van der Waals surface area (Å²) in [5, 5.41) is 3.42. The summed E-state index contributed by atoms with van der Waals surface area (Å²) < 4.78 is 4.95. The van der Waals surface area contributed by atoms with Gasteiger partial charge in [-0.05, 0) is 24.3 Å². The largest absolute Gasteiger partial charge is 0.452 e. The number of nitrogens with zero attached hydrogens (tertiary/aromatic N) is 1. The van der Waals surface area contributed by atoms with E-state index in [1.165, 1.54) is 18.8 Å². The average Bonchev–Trinajstić information content (AvgIpc) is 2.55. The molecule has 0 saturated carbocycles. The van der Waals surface area contributed by atoms with Crippen molar-refractivity contribution >= 4 is 35.2 Å². The Kier molecular flexibility index (Phi) is 5.80. The molecule has 1 N–H and O–H groups in total. The Hall–Kier alpha value is -2.05. The fourth-order valence-electron chi connectivity index (χ4n) is 1.54. The van der Waals surface area contributed by atoms with Crippen molar-refractivity contribution in [2.75, 3.05) is 13.7 Å². The molecule has 7 heteroatoms. The fraction of sp³-hybridized carbons (Fsp3) is 0.133. The van der Waals surface area contributed by atoms with Gasteiger partial charge in [-0.15, -0.1) is 0 Å². The van der Waals surface area contributed by atoms with E-state index in [-0.39, 0.29) is 18.1 Å². The molecule has 2 aromatic rings. The van der Waals surface area contributed by atoms with E-state index in [1.54, 1.807) is 24.4 Å². The Bertz CT molecular complexity index is 694. The number of nitrogens with one attached hydrogen (secondary N) is 1. The number of amides is 1. The molecular weight excluding hydrogens is 324 g/mol. The Morgan fingerprint density at radius 1 is 1.27 bits per heavy atom. The number of esters is 1. The standard InChI is InChI=1S/C15H13ClN2O3S/c1-17-13(19)9-21-15(20)10-5-4-8-18-14(10)22-12-7-3-2-6-11(12)16/h2-8H,9H2,1H3,(H,17,19). The van der Waals surface area contributed by atoms with Crippen molar-refractivity contribution in [3.05, 3.63) is 53.2 Å². The van der Waals surface area contributed by atoms with Crippen molar-refractivity contribution in [3.8, 4) is 0 Å². The molecule has 0 saturated heterocycles. The highest BCUT2D eigenvalue weighted by Crippen LogP contribution is 2.33. The summed E-state index contributed by atoms with van der Waals surface area (Å²) in [4.78, 5) is 28.2. The van der Waals surface area contributed by atoms with Gasteiger partial charge in [0, 0.05) is 18.1 Å². The van der Waals surface area contributed by atoms with Crippen LogP contribution in [0.3, 0.4) is 0 Å². The second-order valence-corrected chi connectivity index (χ2v) is 5.58. The number of pyridine rings is 1. The lowest BCUT2D eigenvalue weighted by Gasteiger charge is -2.08. The number of halogens is 1. The Morgan fingerprint density at radius 2 is 2.05 bits per heavy atom. The van der Waals surface area contributed by atoms with E-state index in [9.17, 15) is 9.59 Å². The Balaban J connectivity index is 2.18. The molecule has 1 aromatic heterocycles. The van der Waals surface area contributed by atoms with Crippen molar-refractivity contribution < 1.29 is 14.3 Å². The maximum Gasteiger partial charge on any atom is 0.341 e. The van der Waals surface area contributed by atoms with Crippen LogP contribution in [0, 0.1) is 0 Å². The van der Waals surface area contributed by atoms with Crippen molar-refractivity contribution in [2.24, 2.45) is 0 Å². The van der Waals surface area contributed by atoms with E-state index >= 15 is 0 Å². The predicted molar refractivity (Wildman–Crippen MR) is 84.2 cm³/mol. The van der Waals surface area contributed by atoms with E-state index < -0.39 is 5.97 Å². The molecule has 22 heavy (non-hydrogen) atoms. The number of hydrogen-bond donors (Lipinski definition) is 1. The summed E-state index contributed by atoms with van der Waals surface area (Å²) in [6.45, 7) is -0.333. The smallest absolute Gasteiger partial charge is 0.341 e. The molecule has 114 valence electrons. The van der Waals surface area contributed by atoms with Gasteiger partial charge in [0.2, 0.25) is 0 Å². The summed E-state index contributed by atoms with van der Waals surface area (Å²) in [6.07, 6.45) is 1.58. The van der Waals surface area contributed by atoms with Crippen molar-refractivity contribution in [2.45, 2.75) is 9.92 Å². The lowest BCUT2D eigenvalue weighted by Crippen LogP contribution is -2.25. The highest BCUT2D eigenvalue weighted by molar-refractivity contribution is 7.99. The van der Waals surface area contributed by atoms with Gasteiger partial charge >= 0.3 is 5.97 Å². The molecule has 0 radical (unpaired) electrons. The minimum absolute atomic E-state index is 0.288. The second-order valence-electron chi connectivity index (χ2n) is 4.14. The van der Waals surface area contributed by atoms with Crippen LogP contribution >= 0.6 is 23.4 Å². The van der Waals surface area contributed by atoms with Crippen LogP contribution in [0.2, 0.25) is 5.02 Å².